The summed E-state index contributed by atoms with van der Waals surface area (Å²) in [6, 6.07) is 0. The fourth-order valence-corrected chi connectivity index (χ4v) is 4.82. The van der Waals surface area contributed by atoms with Gasteiger partial charge in [-0.15, -0.1) is 0 Å². The minimum absolute atomic E-state index is 0.644. The summed E-state index contributed by atoms with van der Waals surface area (Å²) in [6.07, 6.45) is -33.4. The predicted octanol–water partition coefficient (Wildman–Crippen LogP) is -10.1. The average molecular weight is 669 g/mol. The van der Waals surface area contributed by atoms with Gasteiger partial charge in [0.15, 0.2) is 18.9 Å². The highest BCUT2D eigenvalue weighted by molar-refractivity contribution is 4.93. The van der Waals surface area contributed by atoms with Gasteiger partial charge in [0, 0.05) is 0 Å². The summed E-state index contributed by atoms with van der Waals surface area (Å²) in [5.74, 6) is 0. The minimum Gasteiger partial charge on any atom is -0.394 e. The minimum atomic E-state index is -2.01. The second-order valence-electron chi connectivity index (χ2n) is 11.0. The third-order valence-corrected chi connectivity index (χ3v) is 7.79. The number of ether oxygens (including phenoxy) is 6. The van der Waals surface area contributed by atoms with E-state index in [2.05, 4.69) is 0 Å². The van der Waals surface area contributed by atoms with Gasteiger partial charge in [0.1, 0.15) is 97.7 Å². The quantitative estimate of drug-likeness (QED) is 0.0816. The molecule has 0 unspecified atom stereocenters. The van der Waals surface area contributed by atoms with Crippen LogP contribution in [-0.4, -0.2) is 226 Å². The second kappa shape index (κ2) is 17.0. The van der Waals surface area contributed by atoms with E-state index in [0.29, 0.717) is 0 Å². The summed E-state index contributed by atoms with van der Waals surface area (Å²) in [5, 5.41) is 149. The number of aliphatic hydroxyl groups is 15. The maximum Gasteiger partial charge on any atom is 0.186 e. The number of aliphatic hydroxyl groups excluding tert-OH is 15. The van der Waals surface area contributed by atoms with E-state index in [-0.39, 0.29) is 0 Å². The Bertz CT molecular complexity index is 871. The van der Waals surface area contributed by atoms with Gasteiger partial charge < -0.3 is 105 Å². The van der Waals surface area contributed by atoms with E-state index in [1.54, 1.807) is 0 Å². The van der Waals surface area contributed by atoms with Gasteiger partial charge in [0.05, 0.1) is 33.0 Å². The summed E-state index contributed by atoms with van der Waals surface area (Å²) < 4.78 is 31.9. The Morgan fingerprint density at radius 3 is 1.20 bits per heavy atom. The molecule has 0 spiro atoms. The molecule has 0 amide bonds. The van der Waals surface area contributed by atoms with Crippen LogP contribution in [0.5, 0.6) is 0 Å². The van der Waals surface area contributed by atoms with E-state index >= 15 is 0 Å². The first kappa shape index (κ1) is 38.6. The number of hydrogen-bond acceptors (Lipinski definition) is 21. The van der Waals surface area contributed by atoms with Gasteiger partial charge in [0.25, 0.3) is 0 Å². The molecule has 0 radical (unpaired) electrons. The smallest absolute Gasteiger partial charge is 0.186 e. The molecule has 0 aromatic carbocycles. The summed E-state index contributed by atoms with van der Waals surface area (Å²) >= 11 is 0. The van der Waals surface area contributed by atoms with Gasteiger partial charge in [-0.3, -0.25) is 0 Å². The molecule has 0 saturated carbocycles. The van der Waals surface area contributed by atoms with E-state index in [1.807, 2.05) is 0 Å². The Morgan fingerprint density at radius 1 is 0.444 bits per heavy atom. The highest BCUT2D eigenvalue weighted by atomic mass is 16.7. The van der Waals surface area contributed by atoms with Gasteiger partial charge in [-0.1, -0.05) is 0 Å². The van der Waals surface area contributed by atoms with Gasteiger partial charge in [-0.2, -0.15) is 0 Å². The molecule has 266 valence electrons. The normalized spacial score (nSPS) is 45.5. The van der Waals surface area contributed by atoms with Crippen LogP contribution in [0, 0.1) is 0 Å². The Labute approximate surface area is 255 Å². The molecule has 21 nitrogen and oxygen atoms in total. The lowest BCUT2D eigenvalue weighted by molar-refractivity contribution is -0.343. The Hall–Kier alpha value is -0.840. The van der Waals surface area contributed by atoms with Crippen LogP contribution in [0.15, 0.2) is 0 Å². The molecular weight excluding hydrogens is 624 g/mol. The molecule has 3 rings (SSSR count). The van der Waals surface area contributed by atoms with E-state index in [0.717, 1.165) is 0 Å². The molecule has 3 aliphatic heterocycles. The van der Waals surface area contributed by atoms with Crippen LogP contribution in [-0.2, 0) is 28.4 Å². The molecular formula is C24H44O21. The largest absolute Gasteiger partial charge is 0.394 e. The lowest BCUT2D eigenvalue weighted by atomic mass is 9.98. The molecule has 21 heteroatoms. The van der Waals surface area contributed by atoms with Crippen LogP contribution in [0.25, 0.3) is 0 Å². The van der Waals surface area contributed by atoms with Crippen LogP contribution in [0.3, 0.4) is 0 Å². The van der Waals surface area contributed by atoms with E-state index in [9.17, 15) is 71.5 Å². The van der Waals surface area contributed by atoms with Gasteiger partial charge >= 0.3 is 0 Å². The van der Waals surface area contributed by atoms with E-state index in [1.165, 1.54) is 0 Å². The van der Waals surface area contributed by atoms with E-state index < -0.39 is 150 Å². The van der Waals surface area contributed by atoms with Gasteiger partial charge in [0.2, 0.25) is 0 Å². The first-order valence-corrected chi connectivity index (χ1v) is 14.0. The molecule has 15 N–H and O–H groups in total. The third kappa shape index (κ3) is 9.00. The maximum absolute atomic E-state index is 10.4. The van der Waals surface area contributed by atoms with Crippen molar-refractivity contribution in [3.63, 3.8) is 0 Å². The number of rotatable bonds is 14. The summed E-state index contributed by atoms with van der Waals surface area (Å²) in [4.78, 5) is 0. The van der Waals surface area contributed by atoms with Crippen molar-refractivity contribution in [1.29, 1.82) is 0 Å². The Morgan fingerprint density at radius 2 is 0.800 bits per heavy atom. The SMILES string of the molecule is OC[C@H](O)[C@@H](O)[C@H](O)[C@H](O)CO[C@H]1O[C@H](CO[C@H]2O[C@H](CO[C@H]3O[C@H](CO)[C@@H](O)[C@H](O)[C@H]3O)[C@@H](O)[C@H](O)[C@H]2O)[C@@H](O)[C@H](O)[C@H]1O. The molecule has 0 aromatic rings. The van der Waals surface area contributed by atoms with Crippen molar-refractivity contribution in [2.75, 3.05) is 33.0 Å². The standard InChI is InChI=1S/C24H44O21/c25-1-6(27)11(29)12(30)7(28)3-40-22-20(38)17(35)14(32)9(44-22)5-42-24-21(39)18(36)15(33)10(45-24)4-41-23-19(37)16(34)13(31)8(2-26)43-23/h6-39H,1-5H2/t6-,7+,8+,9+,10+,11+,12+,13+,14+,15+,16-,17-,18-,19+,20+,21+,22-,23-,24-/m0/s1. The fraction of sp³-hybridized carbons (Fsp3) is 1.00. The van der Waals surface area contributed by atoms with Crippen molar-refractivity contribution >= 4 is 0 Å². The van der Waals surface area contributed by atoms with Crippen molar-refractivity contribution in [3.8, 4) is 0 Å². The highest BCUT2D eigenvalue weighted by Crippen LogP contribution is 2.28. The van der Waals surface area contributed by atoms with Gasteiger partial charge in [-0.25, -0.2) is 0 Å². The molecule has 3 fully saturated rings. The van der Waals surface area contributed by atoms with E-state index in [4.69, 9.17) is 33.5 Å². The molecule has 19 atom stereocenters. The van der Waals surface area contributed by atoms with Crippen molar-refractivity contribution in [2.24, 2.45) is 0 Å². The van der Waals surface area contributed by atoms with Crippen molar-refractivity contribution < 1.29 is 105 Å². The first-order chi connectivity index (χ1) is 21.1. The first-order valence-electron chi connectivity index (χ1n) is 14.0. The molecule has 0 aliphatic carbocycles. The molecule has 45 heavy (non-hydrogen) atoms. The average Bonchev–Trinajstić information content (AvgIpc) is 3.03. The lowest BCUT2D eigenvalue weighted by Gasteiger charge is -2.44. The lowest BCUT2D eigenvalue weighted by Crippen LogP contribution is -2.62. The molecule has 3 heterocycles. The highest BCUT2D eigenvalue weighted by Gasteiger charge is 2.49. The summed E-state index contributed by atoms with van der Waals surface area (Å²) in [5.41, 5.74) is 0. The monoisotopic (exact) mass is 668 g/mol. The van der Waals surface area contributed by atoms with Crippen LogP contribution >= 0.6 is 0 Å². The summed E-state index contributed by atoms with van der Waals surface area (Å²) in [7, 11) is 0. The fourth-order valence-electron chi connectivity index (χ4n) is 4.82. The molecule has 0 bridgehead atoms. The zero-order chi connectivity index (χ0) is 33.7. The zero-order valence-corrected chi connectivity index (χ0v) is 23.7. The Balaban J connectivity index is 1.58. The van der Waals surface area contributed by atoms with Crippen LogP contribution < -0.4 is 0 Å². The van der Waals surface area contributed by atoms with Crippen molar-refractivity contribution in [1.82, 2.24) is 0 Å². The van der Waals surface area contributed by atoms with Crippen LogP contribution in [0.2, 0.25) is 0 Å². The maximum atomic E-state index is 10.4. The predicted molar refractivity (Wildman–Crippen MR) is 136 cm³/mol. The molecule has 3 saturated heterocycles. The van der Waals surface area contributed by atoms with Crippen molar-refractivity contribution in [2.45, 2.75) is 117 Å². The Kier molecular flexibility index (Phi) is 14.6. The van der Waals surface area contributed by atoms with Crippen LogP contribution in [0.1, 0.15) is 0 Å². The van der Waals surface area contributed by atoms with Gasteiger partial charge in [-0.05, 0) is 0 Å². The number of hydrogen-bond donors (Lipinski definition) is 15. The summed E-state index contributed by atoms with van der Waals surface area (Å²) in [6.45, 7) is -3.85. The topological polar surface area (TPSA) is 359 Å². The second-order valence-corrected chi connectivity index (χ2v) is 11.0. The third-order valence-electron chi connectivity index (χ3n) is 7.79. The molecule has 0 aromatic heterocycles. The zero-order valence-electron chi connectivity index (χ0n) is 23.7. The molecule has 3 aliphatic rings. The van der Waals surface area contributed by atoms with Crippen LogP contribution in [0.4, 0.5) is 0 Å². The van der Waals surface area contributed by atoms with Crippen molar-refractivity contribution in [3.05, 3.63) is 0 Å².